The van der Waals surface area contributed by atoms with E-state index >= 15 is 0 Å². The highest BCUT2D eigenvalue weighted by atomic mass is 16.5. The molecule has 0 saturated heterocycles. The quantitative estimate of drug-likeness (QED) is 0.830. The predicted molar refractivity (Wildman–Crippen MR) is 62.8 cm³/mol. The highest BCUT2D eigenvalue weighted by Crippen LogP contribution is 2.40. The SMILES string of the molecule is COC1(c2ncc(N)cn2)CCC(C)CC1. The van der Waals surface area contributed by atoms with Crippen LogP contribution in [-0.4, -0.2) is 17.1 Å². The zero-order valence-electron chi connectivity index (χ0n) is 9.94. The molecule has 2 N–H and O–H groups in total. The summed E-state index contributed by atoms with van der Waals surface area (Å²) < 4.78 is 5.69. The minimum Gasteiger partial charge on any atom is -0.396 e. The first-order valence-electron chi connectivity index (χ1n) is 5.79. The molecule has 2 rings (SSSR count). The first-order valence-corrected chi connectivity index (χ1v) is 5.79. The van der Waals surface area contributed by atoms with E-state index in [0.29, 0.717) is 5.69 Å². The summed E-state index contributed by atoms with van der Waals surface area (Å²) in [7, 11) is 1.75. The first-order chi connectivity index (χ1) is 7.66. The fraction of sp³-hybridized carbons (Fsp3) is 0.667. The van der Waals surface area contributed by atoms with Crippen LogP contribution in [0, 0.1) is 5.92 Å². The van der Waals surface area contributed by atoms with Gasteiger partial charge in [-0.25, -0.2) is 9.97 Å². The fourth-order valence-electron chi connectivity index (χ4n) is 2.32. The van der Waals surface area contributed by atoms with E-state index in [1.807, 2.05) is 0 Å². The van der Waals surface area contributed by atoms with Gasteiger partial charge in [0.05, 0.1) is 18.1 Å². The minimum atomic E-state index is -0.291. The van der Waals surface area contributed by atoms with E-state index < -0.39 is 0 Å². The van der Waals surface area contributed by atoms with Crippen molar-refractivity contribution in [2.45, 2.75) is 38.2 Å². The topological polar surface area (TPSA) is 61.0 Å². The average molecular weight is 221 g/mol. The Morgan fingerprint density at radius 3 is 2.38 bits per heavy atom. The molecule has 1 aromatic heterocycles. The number of nitrogens with zero attached hydrogens (tertiary/aromatic N) is 2. The highest BCUT2D eigenvalue weighted by Gasteiger charge is 2.38. The third kappa shape index (κ3) is 2.02. The largest absolute Gasteiger partial charge is 0.396 e. The maximum absolute atomic E-state index is 5.69. The molecule has 0 bridgehead atoms. The summed E-state index contributed by atoms with van der Waals surface area (Å²) in [5, 5.41) is 0. The molecular formula is C12H19N3O. The van der Waals surface area contributed by atoms with Gasteiger partial charge in [0, 0.05) is 7.11 Å². The first kappa shape index (κ1) is 11.3. The van der Waals surface area contributed by atoms with Gasteiger partial charge in [-0.05, 0) is 31.6 Å². The van der Waals surface area contributed by atoms with Crippen LogP contribution in [0.15, 0.2) is 12.4 Å². The van der Waals surface area contributed by atoms with Crippen molar-refractivity contribution in [2.24, 2.45) is 5.92 Å². The van der Waals surface area contributed by atoms with Crippen LogP contribution in [0.25, 0.3) is 0 Å². The van der Waals surface area contributed by atoms with Crippen LogP contribution in [0.5, 0.6) is 0 Å². The average Bonchev–Trinajstić information content (AvgIpc) is 2.32. The van der Waals surface area contributed by atoms with Crippen LogP contribution in [0.4, 0.5) is 5.69 Å². The molecule has 1 aromatic rings. The lowest BCUT2D eigenvalue weighted by Gasteiger charge is -2.36. The molecule has 1 fully saturated rings. The molecule has 1 saturated carbocycles. The molecule has 1 aliphatic rings. The van der Waals surface area contributed by atoms with Gasteiger partial charge >= 0.3 is 0 Å². The van der Waals surface area contributed by atoms with Gasteiger partial charge < -0.3 is 10.5 Å². The lowest BCUT2D eigenvalue weighted by Crippen LogP contribution is -2.35. The monoisotopic (exact) mass is 221 g/mol. The van der Waals surface area contributed by atoms with Crippen molar-refractivity contribution in [2.75, 3.05) is 12.8 Å². The Bertz CT molecular complexity index is 342. The summed E-state index contributed by atoms with van der Waals surface area (Å²) in [6, 6.07) is 0. The lowest BCUT2D eigenvalue weighted by atomic mass is 9.79. The van der Waals surface area contributed by atoms with Crippen LogP contribution in [0.1, 0.15) is 38.4 Å². The maximum atomic E-state index is 5.69. The van der Waals surface area contributed by atoms with E-state index in [4.69, 9.17) is 10.5 Å². The van der Waals surface area contributed by atoms with E-state index in [0.717, 1.165) is 24.6 Å². The van der Waals surface area contributed by atoms with E-state index in [2.05, 4.69) is 16.9 Å². The molecule has 0 aliphatic heterocycles. The molecule has 0 radical (unpaired) electrons. The normalized spacial score (nSPS) is 30.2. The van der Waals surface area contributed by atoms with Gasteiger partial charge in [-0.2, -0.15) is 0 Å². The molecule has 1 heterocycles. The summed E-state index contributed by atoms with van der Waals surface area (Å²) in [4.78, 5) is 8.62. The highest BCUT2D eigenvalue weighted by molar-refractivity contribution is 5.30. The van der Waals surface area contributed by atoms with E-state index in [1.54, 1.807) is 19.5 Å². The molecule has 0 aromatic carbocycles. The summed E-state index contributed by atoms with van der Waals surface area (Å²) >= 11 is 0. The molecule has 0 spiro atoms. The van der Waals surface area contributed by atoms with Gasteiger partial charge in [-0.15, -0.1) is 0 Å². The molecule has 4 nitrogen and oxygen atoms in total. The van der Waals surface area contributed by atoms with Gasteiger partial charge in [0.25, 0.3) is 0 Å². The number of hydrogen-bond donors (Lipinski definition) is 1. The standard InChI is InChI=1S/C12H19N3O/c1-9-3-5-12(16-2,6-4-9)11-14-7-10(13)8-15-11/h7-9H,3-6,13H2,1-2H3. The second-order valence-electron chi connectivity index (χ2n) is 4.72. The van der Waals surface area contributed by atoms with Crippen molar-refractivity contribution in [1.29, 1.82) is 0 Å². The van der Waals surface area contributed by atoms with Crippen molar-refractivity contribution in [3.8, 4) is 0 Å². The predicted octanol–water partition coefficient (Wildman–Crippen LogP) is 2.11. The number of ether oxygens (including phenoxy) is 1. The number of methoxy groups -OCH3 is 1. The smallest absolute Gasteiger partial charge is 0.160 e. The Morgan fingerprint density at radius 2 is 1.88 bits per heavy atom. The Morgan fingerprint density at radius 1 is 1.31 bits per heavy atom. The molecule has 16 heavy (non-hydrogen) atoms. The molecule has 88 valence electrons. The van der Waals surface area contributed by atoms with Crippen LogP contribution in [-0.2, 0) is 10.3 Å². The van der Waals surface area contributed by atoms with Crippen LogP contribution in [0.2, 0.25) is 0 Å². The molecular weight excluding hydrogens is 202 g/mol. The van der Waals surface area contributed by atoms with Crippen LogP contribution >= 0.6 is 0 Å². The van der Waals surface area contributed by atoms with E-state index in [1.165, 1.54) is 12.8 Å². The third-order valence-electron chi connectivity index (χ3n) is 3.55. The fourth-order valence-corrected chi connectivity index (χ4v) is 2.32. The maximum Gasteiger partial charge on any atom is 0.160 e. The number of rotatable bonds is 2. The van der Waals surface area contributed by atoms with Crippen molar-refractivity contribution < 1.29 is 4.74 Å². The lowest BCUT2D eigenvalue weighted by molar-refractivity contribution is -0.0597. The van der Waals surface area contributed by atoms with Gasteiger partial charge in [-0.1, -0.05) is 6.92 Å². The van der Waals surface area contributed by atoms with Gasteiger partial charge in [-0.3, -0.25) is 0 Å². The number of anilines is 1. The van der Waals surface area contributed by atoms with Crippen LogP contribution < -0.4 is 5.73 Å². The van der Waals surface area contributed by atoms with E-state index in [9.17, 15) is 0 Å². The molecule has 0 atom stereocenters. The number of hydrogen-bond acceptors (Lipinski definition) is 4. The Labute approximate surface area is 96.2 Å². The number of nitrogens with two attached hydrogens (primary N) is 1. The van der Waals surface area contributed by atoms with Crippen molar-refractivity contribution in [1.82, 2.24) is 9.97 Å². The van der Waals surface area contributed by atoms with E-state index in [-0.39, 0.29) is 5.60 Å². The van der Waals surface area contributed by atoms with Gasteiger partial charge in [0.15, 0.2) is 5.82 Å². The molecule has 0 unspecified atom stereocenters. The van der Waals surface area contributed by atoms with Crippen molar-refractivity contribution in [3.05, 3.63) is 18.2 Å². The number of nitrogen functional groups attached to an aromatic ring is 1. The van der Waals surface area contributed by atoms with Crippen LogP contribution in [0.3, 0.4) is 0 Å². The molecule has 1 aliphatic carbocycles. The summed E-state index contributed by atoms with van der Waals surface area (Å²) in [5.74, 6) is 1.55. The summed E-state index contributed by atoms with van der Waals surface area (Å²) in [5.41, 5.74) is 5.90. The molecule has 4 heteroatoms. The van der Waals surface area contributed by atoms with Crippen molar-refractivity contribution in [3.63, 3.8) is 0 Å². The zero-order valence-corrected chi connectivity index (χ0v) is 9.94. The summed E-state index contributed by atoms with van der Waals surface area (Å²) in [6.07, 6.45) is 7.63. The Kier molecular flexibility index (Phi) is 3.10. The zero-order chi connectivity index (χ0) is 11.6. The Hall–Kier alpha value is -1.16. The number of aromatic nitrogens is 2. The van der Waals surface area contributed by atoms with Gasteiger partial charge in [0.1, 0.15) is 5.60 Å². The molecule has 0 amide bonds. The van der Waals surface area contributed by atoms with Crippen molar-refractivity contribution >= 4 is 5.69 Å². The third-order valence-corrected chi connectivity index (χ3v) is 3.55. The second kappa shape index (κ2) is 4.37. The summed E-state index contributed by atoms with van der Waals surface area (Å²) in [6.45, 7) is 2.28. The Balaban J connectivity index is 2.24. The second-order valence-corrected chi connectivity index (χ2v) is 4.72. The van der Waals surface area contributed by atoms with Gasteiger partial charge in [0.2, 0.25) is 0 Å². The minimum absolute atomic E-state index is 0.291.